The third-order valence-electron chi connectivity index (χ3n) is 7.19. The van der Waals surface area contributed by atoms with E-state index in [1.165, 1.54) is 46.9 Å². The second-order valence-corrected chi connectivity index (χ2v) is 13.0. The summed E-state index contributed by atoms with van der Waals surface area (Å²) in [6, 6.07) is 18.9. The van der Waals surface area contributed by atoms with E-state index in [1.807, 2.05) is 31.2 Å². The van der Waals surface area contributed by atoms with Crippen molar-refractivity contribution in [2.45, 2.75) is 42.1 Å². The highest BCUT2D eigenvalue weighted by molar-refractivity contribution is 8.02. The van der Waals surface area contributed by atoms with E-state index in [9.17, 15) is 14.9 Å². The molecule has 1 amide bonds. The normalized spacial score (nSPS) is 13.8. The molecule has 2 heterocycles. The van der Waals surface area contributed by atoms with E-state index in [1.54, 1.807) is 11.3 Å². The SMILES string of the molecule is COC(=O)c1c(NC(=O)C(C)Sc2sc3c(c2C#N)CCc2ccccc2-3)sc2c1CCc1ccccc1-2. The summed E-state index contributed by atoms with van der Waals surface area (Å²) in [5, 5.41) is 13.1. The molecule has 5 nitrogen and oxygen atoms in total. The van der Waals surface area contributed by atoms with Gasteiger partial charge in [0.15, 0.2) is 0 Å². The van der Waals surface area contributed by atoms with Crippen molar-refractivity contribution < 1.29 is 14.3 Å². The van der Waals surface area contributed by atoms with Crippen LogP contribution in [0.1, 0.15) is 45.1 Å². The molecule has 8 heteroatoms. The number of ether oxygens (including phenoxy) is 1. The van der Waals surface area contributed by atoms with Crippen LogP contribution in [0.3, 0.4) is 0 Å². The maximum atomic E-state index is 13.4. The zero-order chi connectivity index (χ0) is 26.4. The Morgan fingerprint density at radius 1 is 0.947 bits per heavy atom. The van der Waals surface area contributed by atoms with Gasteiger partial charge in [-0.25, -0.2) is 4.79 Å². The van der Waals surface area contributed by atoms with Crippen LogP contribution in [-0.4, -0.2) is 24.2 Å². The van der Waals surface area contributed by atoms with Crippen LogP contribution in [0.2, 0.25) is 0 Å². The number of methoxy groups -OCH3 is 1. The molecule has 1 N–H and O–H groups in total. The Kier molecular flexibility index (Phi) is 6.60. The minimum absolute atomic E-state index is 0.206. The van der Waals surface area contributed by atoms with Crippen LogP contribution in [0.5, 0.6) is 0 Å². The summed E-state index contributed by atoms with van der Waals surface area (Å²) >= 11 is 4.43. The number of hydrogen-bond donors (Lipinski definition) is 1. The molecule has 0 radical (unpaired) electrons. The average Bonchev–Trinajstić information content (AvgIpc) is 3.50. The van der Waals surface area contributed by atoms with Gasteiger partial charge in [-0.3, -0.25) is 4.79 Å². The first-order chi connectivity index (χ1) is 18.5. The van der Waals surface area contributed by atoms with Gasteiger partial charge in [-0.2, -0.15) is 5.26 Å². The van der Waals surface area contributed by atoms with Crippen molar-refractivity contribution >= 4 is 51.3 Å². The Hall–Kier alpha value is -3.38. The van der Waals surface area contributed by atoms with Crippen molar-refractivity contribution in [2.75, 3.05) is 12.4 Å². The van der Waals surface area contributed by atoms with Gasteiger partial charge in [0.25, 0.3) is 0 Å². The maximum absolute atomic E-state index is 13.4. The minimum atomic E-state index is -0.464. The van der Waals surface area contributed by atoms with Crippen molar-refractivity contribution in [1.29, 1.82) is 5.26 Å². The fraction of sp³-hybridized carbons (Fsp3) is 0.233. The lowest BCUT2D eigenvalue weighted by atomic mass is 9.89. The summed E-state index contributed by atoms with van der Waals surface area (Å²) in [5.74, 6) is -0.642. The topological polar surface area (TPSA) is 79.2 Å². The number of anilines is 1. The quantitative estimate of drug-likeness (QED) is 0.209. The summed E-state index contributed by atoms with van der Waals surface area (Å²) in [7, 11) is 1.37. The second-order valence-electron chi connectivity index (χ2n) is 9.35. The van der Waals surface area contributed by atoms with E-state index in [0.717, 1.165) is 56.3 Å². The summed E-state index contributed by atoms with van der Waals surface area (Å²) < 4.78 is 5.97. The van der Waals surface area contributed by atoms with Crippen molar-refractivity contribution in [2.24, 2.45) is 0 Å². The van der Waals surface area contributed by atoms with Gasteiger partial charge in [-0.15, -0.1) is 34.4 Å². The number of hydrogen-bond acceptors (Lipinski definition) is 7. The van der Waals surface area contributed by atoms with Gasteiger partial charge in [0.2, 0.25) is 5.91 Å². The molecule has 190 valence electrons. The van der Waals surface area contributed by atoms with Crippen molar-refractivity contribution in [3.63, 3.8) is 0 Å². The first kappa shape index (κ1) is 24.9. The average molecular weight is 557 g/mol. The Balaban J connectivity index is 1.29. The number of carbonyl (C=O) groups is 2. The number of nitrogens with one attached hydrogen (secondary N) is 1. The van der Waals surface area contributed by atoms with Crippen LogP contribution >= 0.6 is 34.4 Å². The van der Waals surface area contributed by atoms with E-state index in [-0.39, 0.29) is 5.91 Å². The van der Waals surface area contributed by atoms with Gasteiger partial charge < -0.3 is 10.1 Å². The predicted molar refractivity (Wildman–Crippen MR) is 154 cm³/mol. The fourth-order valence-corrected chi connectivity index (χ4v) is 9.33. The lowest BCUT2D eigenvalue weighted by molar-refractivity contribution is -0.115. The van der Waals surface area contributed by atoms with Crippen LogP contribution in [-0.2, 0) is 35.2 Å². The standard InChI is InChI=1S/C30H24N2O3S3/c1-16(36-30-23(15-31)21-13-11-17-7-3-5-9-19(17)25(21)38-30)27(33)32-28-24(29(34)35-2)22-14-12-18-8-4-6-10-20(18)26(22)37-28/h3-10,16H,11-14H2,1-2H3,(H,32,33). The van der Waals surface area contributed by atoms with Gasteiger partial charge in [0.1, 0.15) is 11.1 Å². The lowest BCUT2D eigenvalue weighted by Crippen LogP contribution is -2.23. The fourth-order valence-electron chi connectivity index (χ4n) is 5.29. The highest BCUT2D eigenvalue weighted by atomic mass is 32.2. The largest absolute Gasteiger partial charge is 0.465 e. The summed E-state index contributed by atoms with van der Waals surface area (Å²) in [6.07, 6.45) is 3.31. The Bertz CT molecular complexity index is 1640. The summed E-state index contributed by atoms with van der Waals surface area (Å²) in [6.45, 7) is 1.84. The molecule has 1 unspecified atom stereocenters. The highest BCUT2D eigenvalue weighted by Gasteiger charge is 2.31. The molecule has 0 saturated carbocycles. The van der Waals surface area contributed by atoms with Gasteiger partial charge >= 0.3 is 5.97 Å². The number of amides is 1. The van der Waals surface area contributed by atoms with E-state index in [2.05, 4.69) is 35.7 Å². The molecule has 2 aliphatic rings. The first-order valence-electron chi connectivity index (χ1n) is 12.4. The van der Waals surface area contributed by atoms with Gasteiger partial charge in [0, 0.05) is 9.75 Å². The second kappa shape index (κ2) is 10.1. The van der Waals surface area contributed by atoms with Crippen molar-refractivity contribution in [1.82, 2.24) is 0 Å². The smallest absolute Gasteiger partial charge is 0.341 e. The molecular weight excluding hydrogens is 533 g/mol. The van der Waals surface area contributed by atoms with Gasteiger partial charge in [0.05, 0.1) is 27.7 Å². The molecule has 1 atom stereocenters. The number of nitriles is 1. The number of thioether (sulfide) groups is 1. The van der Waals surface area contributed by atoms with Crippen LogP contribution in [0.4, 0.5) is 5.00 Å². The van der Waals surface area contributed by atoms with Crippen LogP contribution in [0.15, 0.2) is 52.7 Å². The molecule has 0 saturated heterocycles. The molecule has 4 aromatic rings. The van der Waals surface area contributed by atoms with Crippen LogP contribution in [0.25, 0.3) is 20.9 Å². The van der Waals surface area contributed by atoms with Gasteiger partial charge in [-0.1, -0.05) is 48.5 Å². The van der Waals surface area contributed by atoms with E-state index < -0.39 is 11.2 Å². The number of aryl methyl sites for hydroxylation is 2. The third-order valence-corrected chi connectivity index (χ3v) is 11.0. The monoisotopic (exact) mass is 556 g/mol. The molecule has 6 rings (SSSR count). The molecule has 0 bridgehead atoms. The number of benzene rings is 2. The third kappa shape index (κ3) is 4.15. The highest BCUT2D eigenvalue weighted by Crippen LogP contribution is 2.48. The molecule has 38 heavy (non-hydrogen) atoms. The molecule has 0 aliphatic heterocycles. The zero-order valence-electron chi connectivity index (χ0n) is 20.9. The first-order valence-corrected chi connectivity index (χ1v) is 14.9. The number of rotatable bonds is 5. The van der Waals surface area contributed by atoms with E-state index in [0.29, 0.717) is 16.1 Å². The number of thiophene rings is 2. The molecule has 2 aromatic carbocycles. The number of nitrogens with zero attached hydrogens (tertiary/aromatic N) is 1. The Labute approximate surface area is 233 Å². The van der Waals surface area contributed by atoms with E-state index >= 15 is 0 Å². The van der Waals surface area contributed by atoms with Crippen LogP contribution in [0, 0.1) is 11.3 Å². The Morgan fingerprint density at radius 2 is 1.55 bits per heavy atom. The summed E-state index contributed by atoms with van der Waals surface area (Å²) in [4.78, 5) is 28.4. The molecule has 2 aromatic heterocycles. The Morgan fingerprint density at radius 3 is 2.18 bits per heavy atom. The van der Waals surface area contributed by atoms with E-state index in [4.69, 9.17) is 4.74 Å². The van der Waals surface area contributed by atoms with Crippen molar-refractivity contribution in [3.8, 4) is 27.0 Å². The molecular formula is C30H24N2O3S3. The maximum Gasteiger partial charge on any atom is 0.341 e. The lowest BCUT2D eigenvalue weighted by Gasteiger charge is -2.16. The summed E-state index contributed by atoms with van der Waals surface area (Å²) in [5.41, 5.74) is 7.99. The number of fused-ring (bicyclic) bond motifs is 6. The number of esters is 1. The van der Waals surface area contributed by atoms with Crippen molar-refractivity contribution in [3.05, 3.63) is 81.9 Å². The minimum Gasteiger partial charge on any atom is -0.465 e. The number of carbonyl (C=O) groups excluding carboxylic acids is 2. The van der Waals surface area contributed by atoms with Crippen LogP contribution < -0.4 is 5.32 Å². The molecule has 2 aliphatic carbocycles. The zero-order valence-corrected chi connectivity index (χ0v) is 23.4. The molecule has 0 spiro atoms. The van der Waals surface area contributed by atoms with Gasteiger partial charge in [-0.05, 0) is 66.0 Å². The molecule has 0 fully saturated rings. The predicted octanol–water partition coefficient (Wildman–Crippen LogP) is 7.12.